The van der Waals surface area contributed by atoms with Crippen LogP contribution in [0.15, 0.2) is 30.4 Å². The van der Waals surface area contributed by atoms with Crippen molar-refractivity contribution in [2.45, 2.75) is 51.4 Å². The molecular formula is C20H32O5Si. The third kappa shape index (κ3) is 6.18. The van der Waals surface area contributed by atoms with Gasteiger partial charge in [-0.3, -0.25) is 0 Å². The molecule has 0 N–H and O–H groups in total. The number of carbonyl (C=O) groups is 1. The van der Waals surface area contributed by atoms with Gasteiger partial charge in [0.25, 0.3) is 0 Å². The highest BCUT2D eigenvalue weighted by Gasteiger charge is 2.39. The van der Waals surface area contributed by atoms with Crippen LogP contribution in [-0.4, -0.2) is 35.6 Å². The van der Waals surface area contributed by atoms with Crippen LogP contribution in [0.25, 0.3) is 0 Å². The van der Waals surface area contributed by atoms with Crippen LogP contribution >= 0.6 is 0 Å². The molecule has 5 nitrogen and oxygen atoms in total. The number of hydrogen-bond acceptors (Lipinski definition) is 5. The number of benzene rings is 1. The van der Waals surface area contributed by atoms with E-state index in [0.717, 1.165) is 5.56 Å². The fourth-order valence-corrected chi connectivity index (χ4v) is 3.45. The van der Waals surface area contributed by atoms with E-state index in [1.165, 1.54) is 13.2 Å². The van der Waals surface area contributed by atoms with Gasteiger partial charge in [0.1, 0.15) is 11.5 Å². The Morgan fingerprint density at radius 3 is 2.04 bits per heavy atom. The van der Waals surface area contributed by atoms with Gasteiger partial charge in [0.2, 0.25) is 0 Å². The zero-order valence-electron chi connectivity index (χ0n) is 17.2. The maximum absolute atomic E-state index is 11.4. The molecule has 0 aliphatic rings. The molecule has 1 atom stereocenters. The van der Waals surface area contributed by atoms with Gasteiger partial charge in [-0.05, 0) is 42.2 Å². The third-order valence-corrected chi connectivity index (χ3v) is 9.28. The highest BCUT2D eigenvalue weighted by molar-refractivity contribution is 6.74. The maximum atomic E-state index is 11.4. The standard InChI is InChI=1S/C20H32O5Si/c1-20(2,3)26(7,8)25-18(10-9-11-19(21)24-6)15-12-16(22-4)14-17(13-15)23-5/h9,11-14,18H,10H2,1-8H3/b11-9+. The van der Waals surface area contributed by atoms with Crippen molar-refractivity contribution in [1.29, 1.82) is 0 Å². The van der Waals surface area contributed by atoms with Gasteiger partial charge in [-0.2, -0.15) is 0 Å². The van der Waals surface area contributed by atoms with Crippen LogP contribution in [-0.2, 0) is 14.0 Å². The minimum Gasteiger partial charge on any atom is -0.497 e. The minimum absolute atomic E-state index is 0.0697. The van der Waals surface area contributed by atoms with Gasteiger partial charge in [-0.15, -0.1) is 0 Å². The highest BCUT2D eigenvalue weighted by atomic mass is 28.4. The molecule has 0 radical (unpaired) electrons. The lowest BCUT2D eigenvalue weighted by molar-refractivity contribution is -0.134. The van der Waals surface area contributed by atoms with E-state index < -0.39 is 8.32 Å². The summed E-state index contributed by atoms with van der Waals surface area (Å²) in [5, 5.41) is 0.0697. The first-order chi connectivity index (χ1) is 12.0. The summed E-state index contributed by atoms with van der Waals surface area (Å²) in [4.78, 5) is 11.4. The Morgan fingerprint density at radius 2 is 1.62 bits per heavy atom. The predicted octanol–water partition coefficient (Wildman–Crippen LogP) is 4.89. The van der Waals surface area contributed by atoms with Crippen molar-refractivity contribution in [3.8, 4) is 11.5 Å². The fourth-order valence-electron chi connectivity index (χ4n) is 2.16. The van der Waals surface area contributed by atoms with Crippen LogP contribution in [0, 0.1) is 0 Å². The molecule has 0 saturated heterocycles. The molecule has 0 aromatic heterocycles. The van der Waals surface area contributed by atoms with E-state index in [9.17, 15) is 4.79 Å². The van der Waals surface area contributed by atoms with E-state index in [1.54, 1.807) is 20.3 Å². The summed E-state index contributed by atoms with van der Waals surface area (Å²) in [6.45, 7) is 11.0. The Hall–Kier alpha value is -1.79. The van der Waals surface area contributed by atoms with E-state index >= 15 is 0 Å². The second-order valence-corrected chi connectivity index (χ2v) is 12.4. The summed E-state index contributed by atoms with van der Waals surface area (Å²) in [5.74, 6) is 1.04. The van der Waals surface area contributed by atoms with Gasteiger partial charge in [-0.25, -0.2) is 4.79 Å². The molecule has 0 spiro atoms. The average molecular weight is 381 g/mol. The average Bonchev–Trinajstić information content (AvgIpc) is 2.58. The lowest BCUT2D eigenvalue weighted by Gasteiger charge is -2.39. The maximum Gasteiger partial charge on any atom is 0.330 e. The molecule has 0 amide bonds. The number of hydrogen-bond donors (Lipinski definition) is 0. The largest absolute Gasteiger partial charge is 0.497 e. The quantitative estimate of drug-likeness (QED) is 0.365. The van der Waals surface area contributed by atoms with E-state index in [1.807, 2.05) is 18.2 Å². The molecule has 0 fully saturated rings. The first kappa shape index (κ1) is 22.2. The summed E-state index contributed by atoms with van der Waals surface area (Å²) >= 11 is 0. The van der Waals surface area contributed by atoms with Crippen molar-refractivity contribution in [3.05, 3.63) is 35.9 Å². The minimum atomic E-state index is -2.02. The molecule has 1 rings (SSSR count). The van der Waals surface area contributed by atoms with Crippen molar-refractivity contribution in [2.75, 3.05) is 21.3 Å². The summed E-state index contributed by atoms with van der Waals surface area (Å²) in [6.07, 6.45) is 3.56. The Bertz CT molecular complexity index is 609. The van der Waals surface area contributed by atoms with Crippen LogP contribution in [0.5, 0.6) is 11.5 Å². The normalized spacial score (nSPS) is 13.5. The molecule has 6 heteroatoms. The zero-order chi connectivity index (χ0) is 20.0. The molecule has 0 bridgehead atoms. The molecule has 1 aromatic carbocycles. The summed E-state index contributed by atoms with van der Waals surface area (Å²) in [6, 6.07) is 5.73. The molecule has 0 aliphatic carbocycles. The van der Waals surface area contributed by atoms with E-state index in [2.05, 4.69) is 38.6 Å². The Morgan fingerprint density at radius 1 is 1.08 bits per heavy atom. The Kier molecular flexibility index (Phi) is 7.90. The molecule has 0 aliphatic heterocycles. The molecule has 0 saturated carbocycles. The molecule has 1 unspecified atom stereocenters. The smallest absolute Gasteiger partial charge is 0.330 e. The topological polar surface area (TPSA) is 54.0 Å². The van der Waals surface area contributed by atoms with Crippen molar-refractivity contribution < 1.29 is 23.4 Å². The highest BCUT2D eigenvalue weighted by Crippen LogP contribution is 2.41. The SMILES string of the molecule is COC(=O)/C=C/CC(O[Si](C)(C)C(C)(C)C)c1cc(OC)cc(OC)c1. The van der Waals surface area contributed by atoms with Crippen LogP contribution in [0.4, 0.5) is 0 Å². The second kappa shape index (κ2) is 9.23. The van der Waals surface area contributed by atoms with Crippen LogP contribution in [0.3, 0.4) is 0 Å². The Balaban J connectivity index is 3.23. The molecule has 0 heterocycles. The number of esters is 1. The van der Waals surface area contributed by atoms with E-state index in [-0.39, 0.29) is 17.1 Å². The van der Waals surface area contributed by atoms with Crippen LogP contribution < -0.4 is 9.47 Å². The molecule has 26 heavy (non-hydrogen) atoms. The van der Waals surface area contributed by atoms with Gasteiger partial charge in [0.05, 0.1) is 27.4 Å². The molecule has 146 valence electrons. The predicted molar refractivity (Wildman–Crippen MR) is 106 cm³/mol. The first-order valence-electron chi connectivity index (χ1n) is 8.69. The van der Waals surface area contributed by atoms with Gasteiger partial charge >= 0.3 is 5.97 Å². The van der Waals surface area contributed by atoms with E-state index in [4.69, 9.17) is 13.9 Å². The number of carbonyl (C=O) groups excluding carboxylic acids is 1. The van der Waals surface area contributed by atoms with Gasteiger partial charge in [0, 0.05) is 12.1 Å². The van der Waals surface area contributed by atoms with Crippen molar-refractivity contribution in [1.82, 2.24) is 0 Å². The lowest BCUT2D eigenvalue weighted by atomic mass is 10.1. The number of methoxy groups -OCH3 is 3. The van der Waals surface area contributed by atoms with Gasteiger partial charge in [-0.1, -0.05) is 26.8 Å². The van der Waals surface area contributed by atoms with Crippen molar-refractivity contribution >= 4 is 14.3 Å². The second-order valence-electron chi connectivity index (χ2n) is 7.67. The monoisotopic (exact) mass is 380 g/mol. The lowest BCUT2D eigenvalue weighted by Crippen LogP contribution is -2.41. The fraction of sp³-hybridized carbons (Fsp3) is 0.550. The molecule has 1 aromatic rings. The first-order valence-corrected chi connectivity index (χ1v) is 11.6. The molecular weight excluding hydrogens is 348 g/mol. The van der Waals surface area contributed by atoms with Crippen LogP contribution in [0.1, 0.15) is 38.9 Å². The Labute approximate surface area is 158 Å². The van der Waals surface area contributed by atoms with Gasteiger partial charge < -0.3 is 18.6 Å². The van der Waals surface area contributed by atoms with Crippen LogP contribution in [0.2, 0.25) is 18.1 Å². The summed E-state index contributed by atoms with van der Waals surface area (Å²) < 4.78 is 22.1. The number of rotatable bonds is 8. The third-order valence-electron chi connectivity index (χ3n) is 4.79. The number of ether oxygens (including phenoxy) is 3. The van der Waals surface area contributed by atoms with Crippen molar-refractivity contribution in [3.63, 3.8) is 0 Å². The van der Waals surface area contributed by atoms with E-state index in [0.29, 0.717) is 17.9 Å². The summed E-state index contributed by atoms with van der Waals surface area (Å²) in [5.41, 5.74) is 0.959. The summed E-state index contributed by atoms with van der Waals surface area (Å²) in [7, 11) is 2.59. The van der Waals surface area contributed by atoms with Crippen molar-refractivity contribution in [2.24, 2.45) is 0 Å². The van der Waals surface area contributed by atoms with Gasteiger partial charge in [0.15, 0.2) is 8.32 Å². The zero-order valence-corrected chi connectivity index (χ0v) is 18.2.